The highest BCUT2D eigenvalue weighted by molar-refractivity contribution is 7.91. The summed E-state index contributed by atoms with van der Waals surface area (Å²) < 4.78 is 98.6. The van der Waals surface area contributed by atoms with Crippen molar-refractivity contribution in [2.75, 3.05) is 18.7 Å². The highest BCUT2D eigenvalue weighted by atomic mass is 32.2. The lowest BCUT2D eigenvalue weighted by molar-refractivity contribution is -0.142. The van der Waals surface area contributed by atoms with Crippen LogP contribution in [0.5, 0.6) is 17.4 Å². The average Bonchev–Trinajstić information content (AvgIpc) is 2.75. The summed E-state index contributed by atoms with van der Waals surface area (Å²) in [6.45, 7) is 0.913. The number of nitrogens with zero attached hydrogens (tertiary/aromatic N) is 2. The molecule has 0 radical (unpaired) electrons. The second-order valence-corrected chi connectivity index (χ2v) is 9.33. The third kappa shape index (κ3) is 5.48. The fraction of sp³-hybridized carbons (Fsp3) is 0.190. The number of alkyl halides is 3. The molecule has 186 valence electrons. The molecule has 0 saturated heterocycles. The van der Waals surface area contributed by atoms with Crippen molar-refractivity contribution in [3.05, 3.63) is 64.9 Å². The van der Waals surface area contributed by atoms with Crippen molar-refractivity contribution >= 4 is 21.3 Å². The summed E-state index contributed by atoms with van der Waals surface area (Å²) in [4.78, 5) is 13.1. The predicted molar refractivity (Wildman–Crippen MR) is 114 cm³/mol. The zero-order valence-electron chi connectivity index (χ0n) is 18.3. The van der Waals surface area contributed by atoms with Crippen molar-refractivity contribution in [2.45, 2.75) is 18.0 Å². The molecule has 0 aliphatic heterocycles. The molecule has 0 spiro atoms. The fourth-order valence-electron chi connectivity index (χ4n) is 2.98. The molecule has 1 amide bonds. The largest absolute Gasteiger partial charge is 0.494 e. The van der Waals surface area contributed by atoms with Crippen molar-refractivity contribution in [3.8, 4) is 17.4 Å². The van der Waals surface area contributed by atoms with E-state index in [4.69, 9.17) is 14.3 Å². The normalized spacial score (nSPS) is 13.1. The van der Waals surface area contributed by atoms with Crippen molar-refractivity contribution < 1.29 is 40.4 Å². The van der Waals surface area contributed by atoms with Crippen LogP contribution in [0.25, 0.3) is 0 Å². The number of nitrogens with one attached hydrogen (secondary N) is 2. The number of amides is 1. The molecule has 1 atom stereocenters. The van der Waals surface area contributed by atoms with Gasteiger partial charge in [0.15, 0.2) is 17.3 Å². The van der Waals surface area contributed by atoms with E-state index in [1.165, 1.54) is 24.3 Å². The van der Waals surface area contributed by atoms with E-state index in [0.29, 0.717) is 0 Å². The van der Waals surface area contributed by atoms with Gasteiger partial charge in [-0.25, -0.2) is 13.4 Å². The Hall–Kier alpha value is -3.81. The molecule has 0 aliphatic rings. The summed E-state index contributed by atoms with van der Waals surface area (Å²) in [7, 11) is -2.07. The number of hydrogen-bond acceptors (Lipinski definition) is 7. The van der Waals surface area contributed by atoms with Crippen molar-refractivity contribution in [1.82, 2.24) is 10.2 Å². The third-order valence-corrected chi connectivity index (χ3v) is 5.81. The van der Waals surface area contributed by atoms with Gasteiger partial charge in [-0.05, 0) is 42.8 Å². The Morgan fingerprint density at radius 1 is 1.14 bits per heavy atom. The first-order valence-corrected chi connectivity index (χ1v) is 11.5. The van der Waals surface area contributed by atoms with Gasteiger partial charge >= 0.3 is 6.18 Å². The molecule has 0 fully saturated rings. The number of halogens is 5. The van der Waals surface area contributed by atoms with Crippen LogP contribution in [0.2, 0.25) is 0 Å². The lowest BCUT2D eigenvalue weighted by atomic mass is 10.1. The maximum atomic E-state index is 14.6. The van der Waals surface area contributed by atoms with Gasteiger partial charge < -0.3 is 14.8 Å². The van der Waals surface area contributed by atoms with Gasteiger partial charge in [0.25, 0.3) is 11.8 Å². The van der Waals surface area contributed by atoms with Gasteiger partial charge in [0.05, 0.1) is 16.8 Å². The first-order valence-electron chi connectivity index (χ1n) is 9.53. The number of carbonyl (C=O) groups excluding carboxylic acids is 1. The van der Waals surface area contributed by atoms with Gasteiger partial charge in [0.2, 0.25) is 11.6 Å². The van der Waals surface area contributed by atoms with Crippen LogP contribution >= 0.6 is 0 Å². The van der Waals surface area contributed by atoms with Crippen molar-refractivity contribution in [2.24, 2.45) is 0 Å². The van der Waals surface area contributed by atoms with Gasteiger partial charge in [-0.15, -0.1) is 10.2 Å². The van der Waals surface area contributed by atoms with E-state index in [0.717, 1.165) is 32.4 Å². The molecule has 3 rings (SSSR count). The van der Waals surface area contributed by atoms with E-state index in [2.05, 4.69) is 15.5 Å². The first-order chi connectivity index (χ1) is 16.2. The average molecular weight is 516 g/mol. The van der Waals surface area contributed by atoms with Crippen LogP contribution in [0.4, 0.5) is 27.6 Å². The lowest BCUT2D eigenvalue weighted by Gasteiger charge is -2.17. The van der Waals surface area contributed by atoms with E-state index < -0.39 is 67.6 Å². The van der Waals surface area contributed by atoms with Crippen LogP contribution in [0, 0.1) is 23.3 Å². The van der Waals surface area contributed by atoms with Crippen molar-refractivity contribution in [3.63, 3.8) is 0 Å². The smallest absolute Gasteiger partial charge is 0.435 e. The first kappa shape index (κ1) is 25.8. The summed E-state index contributed by atoms with van der Waals surface area (Å²) in [6, 6.07) is 7.03. The summed E-state index contributed by atoms with van der Waals surface area (Å²) in [5.74, 6) is -6.16. The fourth-order valence-corrected chi connectivity index (χ4v) is 3.67. The molecule has 0 bridgehead atoms. The molecule has 1 heterocycles. The molecule has 3 aromatic rings. The molecule has 2 aromatic carbocycles. The minimum Gasteiger partial charge on any atom is -0.494 e. The minimum absolute atomic E-state index is 0.0104. The quantitative estimate of drug-likeness (QED) is 0.437. The van der Waals surface area contributed by atoms with Crippen LogP contribution in [0.1, 0.15) is 21.6 Å². The summed E-state index contributed by atoms with van der Waals surface area (Å²) in [6.07, 6.45) is -3.86. The minimum atomic E-state index is -5.00. The maximum absolute atomic E-state index is 14.6. The van der Waals surface area contributed by atoms with Crippen LogP contribution in [0.3, 0.4) is 0 Å². The molecule has 1 aromatic heterocycles. The number of methoxy groups -OCH3 is 1. The second-order valence-electron chi connectivity index (χ2n) is 7.17. The molecular formula is C21H17F5N4O4S. The second kappa shape index (κ2) is 9.44. The third-order valence-electron chi connectivity index (χ3n) is 4.65. The molecule has 2 N–H and O–H groups in total. The summed E-state index contributed by atoms with van der Waals surface area (Å²) in [5.41, 5.74) is -3.05. The van der Waals surface area contributed by atoms with Crippen LogP contribution in [-0.4, -0.2) is 33.7 Å². The van der Waals surface area contributed by atoms with Gasteiger partial charge in [0.1, 0.15) is 5.56 Å². The zero-order chi connectivity index (χ0) is 26.1. The highest BCUT2D eigenvalue weighted by Gasteiger charge is 2.38. The van der Waals surface area contributed by atoms with Gasteiger partial charge in [-0.2, -0.15) is 17.6 Å². The Balaban J connectivity index is 2.13. The van der Waals surface area contributed by atoms with Crippen LogP contribution < -0.4 is 14.8 Å². The molecule has 14 heteroatoms. The number of aromatic nitrogens is 2. The number of anilines is 1. The van der Waals surface area contributed by atoms with Gasteiger partial charge in [0, 0.05) is 16.8 Å². The predicted octanol–water partition coefficient (Wildman–Crippen LogP) is 5.17. The zero-order valence-corrected chi connectivity index (χ0v) is 19.1. The van der Waals surface area contributed by atoms with E-state index in [1.54, 1.807) is 0 Å². The highest BCUT2D eigenvalue weighted by Crippen LogP contribution is 2.37. The topological polar surface area (TPSA) is 114 Å². The number of ether oxygens (including phenoxy) is 2. The van der Waals surface area contributed by atoms with E-state index in [1.807, 2.05) is 0 Å². The SMILES string of the molecule is COc1ccc(F)c(Oc2nnc(C(F)(F)F)c(C)c2C(=O)Nc2cccc(S(C)(=N)=O)c2)c1F. The van der Waals surface area contributed by atoms with E-state index in [9.17, 15) is 31.0 Å². The van der Waals surface area contributed by atoms with Gasteiger partial charge in [-0.1, -0.05) is 6.07 Å². The molecule has 0 saturated carbocycles. The van der Waals surface area contributed by atoms with E-state index >= 15 is 0 Å². The Morgan fingerprint density at radius 3 is 2.43 bits per heavy atom. The number of hydrogen-bond donors (Lipinski definition) is 2. The van der Waals surface area contributed by atoms with Gasteiger partial charge in [-0.3, -0.25) is 4.79 Å². The standard InChI is InChI=1S/C21H17F5N4O4S/c1-10-15(19(31)28-11-5-4-6-12(9-11)35(3,27)32)20(30-29-18(10)21(24,25)26)34-17-13(22)7-8-14(33-2)16(17)23/h4-9,27H,1-3H3,(H,28,31). The summed E-state index contributed by atoms with van der Waals surface area (Å²) in [5, 5.41) is 8.57. The molecule has 35 heavy (non-hydrogen) atoms. The van der Waals surface area contributed by atoms with Crippen LogP contribution in [-0.2, 0) is 15.9 Å². The maximum Gasteiger partial charge on any atom is 0.435 e. The molecule has 8 nitrogen and oxygen atoms in total. The monoisotopic (exact) mass is 516 g/mol. The number of carbonyl (C=O) groups is 1. The Morgan fingerprint density at radius 2 is 1.83 bits per heavy atom. The molecular weight excluding hydrogens is 499 g/mol. The molecule has 0 aliphatic carbocycles. The number of rotatable bonds is 6. The number of benzene rings is 2. The van der Waals surface area contributed by atoms with E-state index in [-0.39, 0.29) is 10.6 Å². The Kier molecular flexibility index (Phi) is 6.96. The molecule has 1 unspecified atom stereocenters. The van der Waals surface area contributed by atoms with Crippen LogP contribution in [0.15, 0.2) is 41.3 Å². The lowest BCUT2D eigenvalue weighted by Crippen LogP contribution is -2.21. The Labute approximate surface area is 196 Å². The summed E-state index contributed by atoms with van der Waals surface area (Å²) >= 11 is 0. The Bertz CT molecular complexity index is 1410. The van der Waals surface area contributed by atoms with Crippen molar-refractivity contribution in [1.29, 1.82) is 4.78 Å².